The molecule has 0 amide bonds. The van der Waals surface area contributed by atoms with Crippen LogP contribution >= 0.6 is 23.4 Å². The molecule has 1 nitrogen and oxygen atoms in total. The first-order chi connectivity index (χ1) is 8.25. The Kier molecular flexibility index (Phi) is 2.65. The second-order valence-corrected chi connectivity index (χ2v) is 5.06. The molecule has 0 fully saturated rings. The molecule has 1 heterocycles. The number of benzene rings is 2. The van der Waals surface area contributed by atoms with Crippen molar-refractivity contribution in [2.75, 3.05) is 0 Å². The average Bonchev–Trinajstić information content (AvgIpc) is 2.53. The first-order valence-electron chi connectivity index (χ1n) is 5.04. The highest BCUT2D eigenvalue weighted by Crippen LogP contribution is 2.40. The van der Waals surface area contributed by atoms with Crippen molar-refractivity contribution in [2.45, 2.75) is 9.79 Å². The van der Waals surface area contributed by atoms with E-state index in [4.69, 9.17) is 11.6 Å². The third-order valence-corrected chi connectivity index (χ3v) is 4.04. The molecule has 2 aromatic rings. The number of fused-ring (bicyclic) bond motifs is 2. The molecule has 0 radical (unpaired) electrons. The summed E-state index contributed by atoms with van der Waals surface area (Å²) in [5.74, 6) is -0.413. The van der Waals surface area contributed by atoms with Gasteiger partial charge in [-0.05, 0) is 24.3 Å². The van der Waals surface area contributed by atoms with Crippen molar-refractivity contribution in [1.82, 2.24) is 0 Å². The molecule has 0 bridgehead atoms. The van der Waals surface area contributed by atoms with Crippen LogP contribution in [0.5, 0.6) is 0 Å². The lowest BCUT2D eigenvalue weighted by Crippen LogP contribution is -1.89. The van der Waals surface area contributed by atoms with E-state index >= 15 is 0 Å². The van der Waals surface area contributed by atoms with Crippen LogP contribution in [-0.4, -0.2) is 6.21 Å². The van der Waals surface area contributed by atoms with Gasteiger partial charge in [-0.15, -0.1) is 0 Å². The zero-order chi connectivity index (χ0) is 11.8. The first kappa shape index (κ1) is 10.8. The molecule has 3 rings (SSSR count). The van der Waals surface area contributed by atoms with Crippen molar-refractivity contribution in [3.63, 3.8) is 0 Å². The number of hydrogen-bond acceptors (Lipinski definition) is 2. The number of para-hydroxylation sites is 1. The standard InChI is InChI=1S/C13H7ClFNS/c14-13-8-7-16-10-3-1-2-4-12(10)17-11(8)6-5-9(13)15/h1-7H. The van der Waals surface area contributed by atoms with Gasteiger partial charge in [-0.2, -0.15) is 0 Å². The maximum Gasteiger partial charge on any atom is 0.142 e. The fraction of sp³-hybridized carbons (Fsp3) is 0. The van der Waals surface area contributed by atoms with Crippen LogP contribution in [0.3, 0.4) is 0 Å². The summed E-state index contributed by atoms with van der Waals surface area (Å²) in [4.78, 5) is 6.30. The molecule has 0 saturated carbocycles. The molecule has 0 unspecified atom stereocenters. The lowest BCUT2D eigenvalue weighted by atomic mass is 10.2. The Morgan fingerprint density at radius 2 is 1.88 bits per heavy atom. The number of halogens is 2. The van der Waals surface area contributed by atoms with Crippen LogP contribution < -0.4 is 0 Å². The van der Waals surface area contributed by atoms with E-state index in [9.17, 15) is 4.39 Å². The maximum atomic E-state index is 13.4. The van der Waals surface area contributed by atoms with Crippen molar-refractivity contribution in [3.05, 3.63) is 52.8 Å². The van der Waals surface area contributed by atoms with Gasteiger partial charge in [0.1, 0.15) is 5.82 Å². The van der Waals surface area contributed by atoms with Crippen molar-refractivity contribution in [1.29, 1.82) is 0 Å². The van der Waals surface area contributed by atoms with Gasteiger partial charge >= 0.3 is 0 Å². The summed E-state index contributed by atoms with van der Waals surface area (Å²) in [5.41, 5.74) is 1.53. The molecule has 4 heteroatoms. The van der Waals surface area contributed by atoms with Gasteiger partial charge in [0.15, 0.2) is 0 Å². The molecule has 1 aliphatic rings. The van der Waals surface area contributed by atoms with Crippen LogP contribution in [0.15, 0.2) is 51.2 Å². The summed E-state index contributed by atoms with van der Waals surface area (Å²) in [7, 11) is 0. The van der Waals surface area contributed by atoms with Crippen LogP contribution in [0.25, 0.3) is 0 Å². The Bertz CT molecular complexity index is 625. The minimum absolute atomic E-state index is 0.131. The second kappa shape index (κ2) is 4.17. The van der Waals surface area contributed by atoms with Crippen LogP contribution in [0.2, 0.25) is 5.02 Å². The van der Waals surface area contributed by atoms with Gasteiger partial charge in [0.25, 0.3) is 0 Å². The van der Waals surface area contributed by atoms with Gasteiger partial charge in [-0.3, -0.25) is 4.99 Å². The summed E-state index contributed by atoms with van der Waals surface area (Å²) < 4.78 is 13.4. The molecule has 0 N–H and O–H groups in total. The molecule has 84 valence electrons. The zero-order valence-corrected chi connectivity index (χ0v) is 10.2. The number of hydrogen-bond donors (Lipinski definition) is 0. The molecular formula is C13H7ClFNS. The second-order valence-electron chi connectivity index (χ2n) is 3.60. The molecule has 0 spiro atoms. The third-order valence-electron chi connectivity index (χ3n) is 2.51. The Hall–Kier alpha value is -1.32. The van der Waals surface area contributed by atoms with E-state index in [1.54, 1.807) is 24.0 Å². The summed E-state index contributed by atoms with van der Waals surface area (Å²) in [6.45, 7) is 0. The van der Waals surface area contributed by atoms with Crippen molar-refractivity contribution in [3.8, 4) is 0 Å². The van der Waals surface area contributed by atoms with Crippen LogP contribution in [0.1, 0.15) is 5.56 Å². The van der Waals surface area contributed by atoms with Gasteiger partial charge in [0, 0.05) is 21.6 Å². The van der Waals surface area contributed by atoms with E-state index in [-0.39, 0.29) is 5.02 Å². The lowest BCUT2D eigenvalue weighted by Gasteiger charge is -2.05. The highest BCUT2D eigenvalue weighted by Gasteiger charge is 2.15. The predicted molar refractivity (Wildman–Crippen MR) is 69.2 cm³/mol. The summed E-state index contributed by atoms with van der Waals surface area (Å²) in [6, 6.07) is 10.9. The van der Waals surface area contributed by atoms with Crippen LogP contribution in [0.4, 0.5) is 10.1 Å². The number of nitrogens with zero attached hydrogens (tertiary/aromatic N) is 1. The van der Waals surface area contributed by atoms with Gasteiger partial charge in [-0.25, -0.2) is 4.39 Å². The largest absolute Gasteiger partial charge is 0.255 e. The van der Waals surface area contributed by atoms with Gasteiger partial charge in [0.05, 0.1) is 10.7 Å². The summed E-state index contributed by atoms with van der Waals surface area (Å²) in [6.07, 6.45) is 1.62. The topological polar surface area (TPSA) is 12.4 Å². The lowest BCUT2D eigenvalue weighted by molar-refractivity contribution is 0.627. The van der Waals surface area contributed by atoms with E-state index in [1.807, 2.05) is 24.3 Å². The highest BCUT2D eigenvalue weighted by atomic mass is 35.5. The molecule has 1 aliphatic heterocycles. The van der Waals surface area contributed by atoms with Crippen molar-refractivity contribution >= 4 is 35.3 Å². The number of rotatable bonds is 0. The quantitative estimate of drug-likeness (QED) is 0.573. The van der Waals surface area contributed by atoms with Crippen molar-refractivity contribution < 1.29 is 4.39 Å². The van der Waals surface area contributed by atoms with Gasteiger partial charge < -0.3 is 0 Å². The molecule has 17 heavy (non-hydrogen) atoms. The molecule has 0 aromatic heterocycles. The zero-order valence-electron chi connectivity index (χ0n) is 8.65. The predicted octanol–water partition coefficient (Wildman–Crippen LogP) is 4.69. The SMILES string of the molecule is Fc1ccc2c(c1Cl)C=Nc1ccccc1S2. The van der Waals surface area contributed by atoms with Gasteiger partial charge in [0.2, 0.25) is 0 Å². The third kappa shape index (κ3) is 1.85. The molecule has 0 aliphatic carbocycles. The van der Waals surface area contributed by atoms with E-state index in [2.05, 4.69) is 4.99 Å². The smallest absolute Gasteiger partial charge is 0.142 e. The average molecular weight is 264 g/mol. The van der Waals surface area contributed by atoms with E-state index < -0.39 is 5.82 Å². The maximum absolute atomic E-state index is 13.4. The molecular weight excluding hydrogens is 257 g/mol. The van der Waals surface area contributed by atoms with Gasteiger partial charge in [-0.1, -0.05) is 35.5 Å². The monoisotopic (exact) mass is 263 g/mol. The minimum Gasteiger partial charge on any atom is -0.255 e. The fourth-order valence-corrected chi connectivity index (χ4v) is 2.94. The van der Waals surface area contributed by atoms with Crippen molar-refractivity contribution in [2.24, 2.45) is 4.99 Å². The summed E-state index contributed by atoms with van der Waals surface area (Å²) in [5, 5.41) is 0.131. The Labute approximate surface area is 107 Å². The Morgan fingerprint density at radius 3 is 2.76 bits per heavy atom. The minimum atomic E-state index is -0.413. The van der Waals surface area contributed by atoms with E-state index in [0.717, 1.165) is 15.5 Å². The Balaban J connectivity index is 2.22. The summed E-state index contributed by atoms with van der Waals surface area (Å²) >= 11 is 7.50. The highest BCUT2D eigenvalue weighted by molar-refractivity contribution is 7.99. The Morgan fingerprint density at radius 1 is 1.06 bits per heavy atom. The fourth-order valence-electron chi connectivity index (χ4n) is 1.66. The van der Waals surface area contributed by atoms with E-state index in [0.29, 0.717) is 5.56 Å². The first-order valence-corrected chi connectivity index (χ1v) is 6.24. The van der Waals surface area contributed by atoms with Crippen LogP contribution in [0, 0.1) is 5.82 Å². The van der Waals surface area contributed by atoms with E-state index in [1.165, 1.54) is 6.07 Å². The number of aliphatic imine (C=N–C) groups is 1. The molecule has 0 atom stereocenters. The van der Waals surface area contributed by atoms with Crippen LogP contribution in [-0.2, 0) is 0 Å². The molecule has 2 aromatic carbocycles. The molecule has 0 saturated heterocycles. The normalized spacial score (nSPS) is 12.8.